The molecule has 0 heterocycles. The van der Waals surface area contributed by atoms with Gasteiger partial charge in [-0.2, -0.15) is 0 Å². The van der Waals surface area contributed by atoms with E-state index in [-0.39, 0.29) is 24.3 Å². The van der Waals surface area contributed by atoms with Crippen LogP contribution in [0.1, 0.15) is 19.4 Å². The molecule has 19 heavy (non-hydrogen) atoms. The van der Waals surface area contributed by atoms with Crippen LogP contribution in [-0.2, 0) is 15.8 Å². The first kappa shape index (κ1) is 16.7. The SMILES string of the molecule is CC(CO)C(C)NS(=O)(=O)Cc1cc(Cl)cc(Cl)c1. The molecule has 2 atom stereocenters. The van der Waals surface area contributed by atoms with Gasteiger partial charge in [-0.15, -0.1) is 0 Å². The van der Waals surface area contributed by atoms with E-state index in [1.807, 2.05) is 0 Å². The number of hydrogen-bond acceptors (Lipinski definition) is 3. The van der Waals surface area contributed by atoms with Gasteiger partial charge >= 0.3 is 0 Å². The molecule has 108 valence electrons. The third-order valence-corrected chi connectivity index (χ3v) is 4.67. The van der Waals surface area contributed by atoms with Gasteiger partial charge in [-0.1, -0.05) is 30.1 Å². The second kappa shape index (κ2) is 6.90. The summed E-state index contributed by atoms with van der Waals surface area (Å²) in [6, 6.07) is 4.33. The zero-order valence-corrected chi connectivity index (χ0v) is 13.1. The van der Waals surface area contributed by atoms with E-state index in [2.05, 4.69) is 4.72 Å². The smallest absolute Gasteiger partial charge is 0.216 e. The van der Waals surface area contributed by atoms with Gasteiger partial charge in [0.15, 0.2) is 0 Å². The maximum Gasteiger partial charge on any atom is 0.216 e. The van der Waals surface area contributed by atoms with Gasteiger partial charge in [0.25, 0.3) is 0 Å². The largest absolute Gasteiger partial charge is 0.396 e. The van der Waals surface area contributed by atoms with Gasteiger partial charge in [-0.05, 0) is 36.6 Å². The van der Waals surface area contributed by atoms with Crippen LogP contribution >= 0.6 is 23.2 Å². The van der Waals surface area contributed by atoms with Crippen LogP contribution in [0, 0.1) is 5.92 Å². The first-order chi connectivity index (χ1) is 8.73. The third kappa shape index (κ3) is 5.67. The molecule has 0 aliphatic rings. The van der Waals surface area contributed by atoms with Gasteiger partial charge in [-0.3, -0.25) is 0 Å². The van der Waals surface area contributed by atoms with Gasteiger partial charge < -0.3 is 5.11 Å². The van der Waals surface area contributed by atoms with Crippen LogP contribution in [0.2, 0.25) is 10.0 Å². The summed E-state index contributed by atoms with van der Waals surface area (Å²) in [7, 11) is -3.50. The highest BCUT2D eigenvalue weighted by Crippen LogP contribution is 2.20. The third-order valence-electron chi connectivity index (χ3n) is 2.79. The Balaban J connectivity index is 2.79. The average Bonchev–Trinajstić information content (AvgIpc) is 2.24. The molecule has 2 unspecified atom stereocenters. The Morgan fingerprint density at radius 1 is 1.21 bits per heavy atom. The van der Waals surface area contributed by atoms with Crippen molar-refractivity contribution in [2.75, 3.05) is 6.61 Å². The summed E-state index contributed by atoms with van der Waals surface area (Å²) in [5.41, 5.74) is 0.522. The predicted octanol–water partition coefficient (Wildman–Crippen LogP) is 2.43. The van der Waals surface area contributed by atoms with Crippen molar-refractivity contribution in [1.29, 1.82) is 0 Å². The molecule has 0 spiro atoms. The molecular weight excluding hydrogens is 309 g/mol. The minimum Gasteiger partial charge on any atom is -0.396 e. The minimum atomic E-state index is -3.50. The molecule has 0 saturated carbocycles. The summed E-state index contributed by atoms with van der Waals surface area (Å²) in [6.07, 6.45) is 0. The highest BCUT2D eigenvalue weighted by Gasteiger charge is 2.19. The Bertz CT molecular complexity index is 514. The van der Waals surface area contributed by atoms with Gasteiger partial charge in [0.2, 0.25) is 10.0 Å². The fourth-order valence-electron chi connectivity index (χ4n) is 1.51. The Labute approximate surface area is 123 Å². The van der Waals surface area contributed by atoms with Crippen molar-refractivity contribution in [2.45, 2.75) is 25.6 Å². The fourth-order valence-corrected chi connectivity index (χ4v) is 3.57. The molecule has 0 aromatic heterocycles. The Morgan fingerprint density at radius 2 is 1.74 bits per heavy atom. The summed E-state index contributed by atoms with van der Waals surface area (Å²) < 4.78 is 26.5. The number of sulfonamides is 1. The van der Waals surface area contributed by atoms with E-state index in [1.54, 1.807) is 32.0 Å². The molecule has 1 rings (SSSR count). The molecule has 1 aromatic rings. The van der Waals surface area contributed by atoms with Gasteiger partial charge in [0, 0.05) is 22.7 Å². The zero-order valence-electron chi connectivity index (χ0n) is 10.7. The summed E-state index contributed by atoms with van der Waals surface area (Å²) >= 11 is 11.6. The van der Waals surface area contributed by atoms with Crippen LogP contribution in [-0.4, -0.2) is 26.2 Å². The second-order valence-corrected chi connectivity index (χ2v) is 7.23. The van der Waals surface area contributed by atoms with E-state index in [0.29, 0.717) is 15.6 Å². The van der Waals surface area contributed by atoms with Crippen molar-refractivity contribution in [3.05, 3.63) is 33.8 Å². The first-order valence-corrected chi connectivity index (χ1v) is 8.20. The molecule has 0 fully saturated rings. The fraction of sp³-hybridized carbons (Fsp3) is 0.500. The van der Waals surface area contributed by atoms with Gasteiger partial charge in [0.1, 0.15) is 0 Å². The van der Waals surface area contributed by atoms with Crippen LogP contribution in [0.3, 0.4) is 0 Å². The summed E-state index contributed by atoms with van der Waals surface area (Å²) in [5.74, 6) is -0.354. The van der Waals surface area contributed by atoms with Crippen LogP contribution in [0.4, 0.5) is 0 Å². The number of aliphatic hydroxyl groups is 1. The van der Waals surface area contributed by atoms with E-state index >= 15 is 0 Å². The molecule has 7 heteroatoms. The predicted molar refractivity (Wildman–Crippen MR) is 77.9 cm³/mol. The zero-order chi connectivity index (χ0) is 14.6. The topological polar surface area (TPSA) is 66.4 Å². The molecule has 0 aliphatic carbocycles. The second-order valence-electron chi connectivity index (χ2n) is 4.60. The molecule has 0 radical (unpaired) electrons. The molecule has 0 bridgehead atoms. The summed E-state index contributed by atoms with van der Waals surface area (Å²) in [6.45, 7) is 3.40. The van der Waals surface area contributed by atoms with E-state index in [9.17, 15) is 8.42 Å². The number of aliphatic hydroxyl groups excluding tert-OH is 1. The number of rotatable bonds is 6. The van der Waals surface area contributed by atoms with Gasteiger partial charge in [-0.25, -0.2) is 13.1 Å². The lowest BCUT2D eigenvalue weighted by Gasteiger charge is -2.19. The van der Waals surface area contributed by atoms with Crippen LogP contribution in [0.5, 0.6) is 0 Å². The monoisotopic (exact) mass is 325 g/mol. The molecular formula is C12H17Cl2NO3S. The summed E-state index contributed by atoms with van der Waals surface area (Å²) in [5, 5.41) is 9.79. The molecule has 4 nitrogen and oxygen atoms in total. The van der Waals surface area contributed by atoms with Crippen LogP contribution < -0.4 is 4.72 Å². The molecule has 0 amide bonds. The molecule has 0 aliphatic heterocycles. The maximum absolute atomic E-state index is 12.0. The highest BCUT2D eigenvalue weighted by molar-refractivity contribution is 7.88. The van der Waals surface area contributed by atoms with E-state index in [1.165, 1.54) is 0 Å². The molecule has 2 N–H and O–H groups in total. The number of nitrogens with one attached hydrogen (secondary N) is 1. The van der Waals surface area contributed by atoms with Crippen molar-refractivity contribution in [3.8, 4) is 0 Å². The van der Waals surface area contributed by atoms with Crippen LogP contribution in [0.25, 0.3) is 0 Å². The lowest BCUT2D eigenvalue weighted by molar-refractivity contribution is 0.216. The Hall–Kier alpha value is -0.330. The van der Waals surface area contributed by atoms with Crippen molar-refractivity contribution in [1.82, 2.24) is 4.72 Å². The number of benzene rings is 1. The van der Waals surface area contributed by atoms with Gasteiger partial charge in [0.05, 0.1) is 5.75 Å². The number of halogens is 2. The van der Waals surface area contributed by atoms with Crippen molar-refractivity contribution in [3.63, 3.8) is 0 Å². The Kier molecular flexibility index (Phi) is 6.08. The summed E-state index contributed by atoms with van der Waals surface area (Å²) in [4.78, 5) is 0. The number of hydrogen-bond donors (Lipinski definition) is 2. The molecule has 1 aromatic carbocycles. The quantitative estimate of drug-likeness (QED) is 0.844. The van der Waals surface area contributed by atoms with Crippen molar-refractivity contribution in [2.24, 2.45) is 5.92 Å². The van der Waals surface area contributed by atoms with Crippen molar-refractivity contribution >= 4 is 33.2 Å². The first-order valence-electron chi connectivity index (χ1n) is 5.79. The van der Waals surface area contributed by atoms with E-state index in [0.717, 1.165) is 0 Å². The van der Waals surface area contributed by atoms with Crippen LogP contribution in [0.15, 0.2) is 18.2 Å². The standard InChI is InChI=1S/C12H17Cl2NO3S/c1-8(6-16)9(2)15-19(17,18)7-10-3-11(13)5-12(14)4-10/h3-5,8-9,15-16H,6-7H2,1-2H3. The molecule has 0 saturated heterocycles. The Morgan fingerprint density at radius 3 is 2.21 bits per heavy atom. The lowest BCUT2D eigenvalue weighted by Crippen LogP contribution is -2.38. The minimum absolute atomic E-state index is 0.0767. The van der Waals surface area contributed by atoms with E-state index < -0.39 is 10.0 Å². The highest BCUT2D eigenvalue weighted by atomic mass is 35.5. The average molecular weight is 326 g/mol. The maximum atomic E-state index is 12.0. The normalized spacial score (nSPS) is 15.2. The van der Waals surface area contributed by atoms with Crippen molar-refractivity contribution < 1.29 is 13.5 Å². The lowest BCUT2D eigenvalue weighted by atomic mass is 10.1. The van der Waals surface area contributed by atoms with E-state index in [4.69, 9.17) is 28.3 Å².